The predicted octanol–water partition coefficient (Wildman–Crippen LogP) is 2.90. The molecule has 3 aliphatic rings. The summed E-state index contributed by atoms with van der Waals surface area (Å²) in [6.07, 6.45) is 0.208. The van der Waals surface area contributed by atoms with E-state index in [4.69, 9.17) is 19.1 Å². The Hall–Kier alpha value is -2.27. The zero-order valence-electron chi connectivity index (χ0n) is 18.1. The molecule has 0 saturated carbocycles. The van der Waals surface area contributed by atoms with Crippen molar-refractivity contribution < 1.29 is 37.0 Å². The van der Waals surface area contributed by atoms with Gasteiger partial charge in [0.25, 0.3) is 0 Å². The fourth-order valence-corrected chi connectivity index (χ4v) is 4.54. The smallest absolute Gasteiger partial charge is 0.475 e. The van der Waals surface area contributed by atoms with E-state index in [9.17, 15) is 18.0 Å². The van der Waals surface area contributed by atoms with Crippen LogP contribution in [0.15, 0.2) is 22.8 Å². The molecule has 0 aromatic carbocycles. The van der Waals surface area contributed by atoms with Crippen molar-refractivity contribution in [2.75, 3.05) is 46.4 Å². The maximum Gasteiger partial charge on any atom is 0.490 e. The normalized spacial score (nSPS) is 25.5. The van der Waals surface area contributed by atoms with E-state index in [1.54, 1.807) is 6.26 Å². The van der Waals surface area contributed by atoms with Crippen molar-refractivity contribution in [3.05, 3.63) is 24.2 Å². The van der Waals surface area contributed by atoms with E-state index in [2.05, 4.69) is 16.8 Å². The first-order valence-electron chi connectivity index (χ1n) is 10.8. The van der Waals surface area contributed by atoms with E-state index in [1.165, 1.54) is 0 Å². The average molecular weight is 461 g/mol. The molecule has 4 heterocycles. The van der Waals surface area contributed by atoms with Gasteiger partial charge in [-0.25, -0.2) is 9.59 Å². The maximum atomic E-state index is 12.7. The first-order chi connectivity index (χ1) is 15.1. The van der Waals surface area contributed by atoms with Crippen molar-refractivity contribution in [2.45, 2.75) is 38.1 Å². The van der Waals surface area contributed by atoms with Gasteiger partial charge in [-0.15, -0.1) is 0 Å². The van der Waals surface area contributed by atoms with Gasteiger partial charge in [0.1, 0.15) is 5.76 Å². The summed E-state index contributed by atoms with van der Waals surface area (Å²) in [7, 11) is 2.11. The largest absolute Gasteiger partial charge is 0.490 e. The molecule has 4 rings (SSSR count). The molecule has 3 fully saturated rings. The summed E-state index contributed by atoms with van der Waals surface area (Å²) in [5.41, 5.74) is 0. The molecule has 0 bridgehead atoms. The number of piperidine rings is 1. The molecule has 0 spiro atoms. The molecule has 0 radical (unpaired) electrons. The second-order valence-corrected chi connectivity index (χ2v) is 8.59. The number of aliphatic carboxylic acids is 1. The maximum absolute atomic E-state index is 12.7. The Bertz CT molecular complexity index is 752. The molecule has 180 valence electrons. The van der Waals surface area contributed by atoms with Gasteiger partial charge in [-0.05, 0) is 44.4 Å². The van der Waals surface area contributed by atoms with Gasteiger partial charge in [-0.1, -0.05) is 0 Å². The zero-order chi connectivity index (χ0) is 23.3. The van der Waals surface area contributed by atoms with Gasteiger partial charge in [0.05, 0.1) is 25.5 Å². The third-order valence-corrected chi connectivity index (χ3v) is 6.20. The lowest BCUT2D eigenvalue weighted by molar-refractivity contribution is -0.192. The highest BCUT2D eigenvalue weighted by Crippen LogP contribution is 2.35. The molecule has 32 heavy (non-hydrogen) atoms. The number of carboxylic acid groups (broad SMARTS) is 1. The lowest BCUT2D eigenvalue weighted by Crippen LogP contribution is -2.50. The van der Waals surface area contributed by atoms with E-state index < -0.39 is 12.1 Å². The van der Waals surface area contributed by atoms with Crippen LogP contribution < -0.4 is 0 Å². The molecule has 3 aliphatic heterocycles. The number of rotatable bonds is 4. The highest BCUT2D eigenvalue weighted by molar-refractivity contribution is 5.75. The Balaban J connectivity index is 0.000000360. The van der Waals surface area contributed by atoms with Gasteiger partial charge >= 0.3 is 18.2 Å². The SMILES string of the molecule is CN(Cc1ccco1)C[C@H]1OC[C@@H]2CCN(C(=O)N3CCCC3)C[C@@H]21.O=C(O)C(F)(F)F. The second kappa shape index (κ2) is 10.6. The number of fused-ring (bicyclic) bond motifs is 1. The molecule has 8 nitrogen and oxygen atoms in total. The van der Waals surface area contributed by atoms with Crippen LogP contribution in [0.25, 0.3) is 0 Å². The molecule has 1 aromatic rings. The molecular weight excluding hydrogens is 431 g/mol. The molecule has 2 amide bonds. The predicted molar refractivity (Wildman–Crippen MR) is 108 cm³/mol. The Morgan fingerprint density at radius 3 is 2.50 bits per heavy atom. The molecule has 11 heteroatoms. The van der Waals surface area contributed by atoms with Crippen LogP contribution in [0.4, 0.5) is 18.0 Å². The van der Waals surface area contributed by atoms with Crippen LogP contribution in [0, 0.1) is 11.8 Å². The van der Waals surface area contributed by atoms with E-state index in [1.807, 2.05) is 17.0 Å². The summed E-state index contributed by atoms with van der Waals surface area (Å²) in [5, 5.41) is 7.12. The fraction of sp³-hybridized carbons (Fsp3) is 0.714. The molecule has 0 unspecified atom stereocenters. The molecule has 1 N–H and O–H groups in total. The number of amides is 2. The number of nitrogens with zero attached hydrogens (tertiary/aromatic N) is 3. The van der Waals surface area contributed by atoms with Crippen LogP contribution in [0.1, 0.15) is 25.0 Å². The van der Waals surface area contributed by atoms with Crippen LogP contribution in [0.5, 0.6) is 0 Å². The van der Waals surface area contributed by atoms with Crippen molar-refractivity contribution in [1.82, 2.24) is 14.7 Å². The van der Waals surface area contributed by atoms with Gasteiger partial charge in [0.2, 0.25) is 0 Å². The lowest BCUT2D eigenvalue weighted by atomic mass is 9.84. The van der Waals surface area contributed by atoms with Crippen molar-refractivity contribution >= 4 is 12.0 Å². The van der Waals surface area contributed by atoms with Gasteiger partial charge in [0, 0.05) is 38.6 Å². The number of carboxylic acids is 1. The second-order valence-electron chi connectivity index (χ2n) is 8.59. The lowest BCUT2D eigenvalue weighted by Gasteiger charge is -2.38. The van der Waals surface area contributed by atoms with Crippen LogP contribution in [-0.4, -0.2) is 90.5 Å². The van der Waals surface area contributed by atoms with Crippen molar-refractivity contribution in [1.29, 1.82) is 0 Å². The number of carbonyl (C=O) groups excluding carboxylic acids is 1. The molecule has 3 atom stereocenters. The number of hydrogen-bond donors (Lipinski definition) is 1. The third-order valence-electron chi connectivity index (χ3n) is 6.20. The molecule has 0 aliphatic carbocycles. The Labute approximate surface area is 184 Å². The number of alkyl halides is 3. The number of likely N-dealkylation sites (N-methyl/N-ethyl adjacent to an activating group) is 1. The molecule has 3 saturated heterocycles. The summed E-state index contributed by atoms with van der Waals surface area (Å²) in [5.74, 6) is -0.719. The van der Waals surface area contributed by atoms with Crippen LogP contribution >= 0.6 is 0 Å². The van der Waals surface area contributed by atoms with Crippen molar-refractivity contribution in [3.63, 3.8) is 0 Å². The van der Waals surface area contributed by atoms with E-state index in [0.29, 0.717) is 11.8 Å². The summed E-state index contributed by atoms with van der Waals surface area (Å²) in [6.45, 7) is 6.10. The minimum Gasteiger partial charge on any atom is -0.475 e. The topological polar surface area (TPSA) is 86.5 Å². The zero-order valence-corrected chi connectivity index (χ0v) is 18.1. The first kappa shape index (κ1) is 24.4. The Morgan fingerprint density at radius 1 is 1.22 bits per heavy atom. The van der Waals surface area contributed by atoms with Gasteiger partial charge in [-0.3, -0.25) is 4.90 Å². The number of likely N-dealkylation sites (tertiary alicyclic amines) is 2. The van der Waals surface area contributed by atoms with Crippen LogP contribution in [-0.2, 0) is 16.1 Å². The monoisotopic (exact) mass is 461 g/mol. The Kier molecular flexibility index (Phi) is 8.05. The highest BCUT2D eigenvalue weighted by atomic mass is 19.4. The number of ether oxygens (including phenoxy) is 1. The van der Waals surface area contributed by atoms with E-state index >= 15 is 0 Å². The van der Waals surface area contributed by atoms with E-state index in [-0.39, 0.29) is 12.1 Å². The molecular formula is C21H30F3N3O5. The minimum atomic E-state index is -5.08. The van der Waals surface area contributed by atoms with Gasteiger partial charge in [-0.2, -0.15) is 13.2 Å². The Morgan fingerprint density at radius 2 is 1.91 bits per heavy atom. The average Bonchev–Trinajstić information content (AvgIpc) is 3.49. The number of urea groups is 1. The van der Waals surface area contributed by atoms with Gasteiger partial charge < -0.3 is 24.1 Å². The molecule has 1 aromatic heterocycles. The third kappa shape index (κ3) is 6.38. The van der Waals surface area contributed by atoms with Crippen LogP contribution in [0.3, 0.4) is 0 Å². The first-order valence-corrected chi connectivity index (χ1v) is 10.8. The van der Waals surface area contributed by atoms with Crippen molar-refractivity contribution in [3.8, 4) is 0 Å². The van der Waals surface area contributed by atoms with Crippen molar-refractivity contribution in [2.24, 2.45) is 11.8 Å². The number of hydrogen-bond acceptors (Lipinski definition) is 5. The highest BCUT2D eigenvalue weighted by Gasteiger charge is 2.43. The number of carbonyl (C=O) groups is 2. The summed E-state index contributed by atoms with van der Waals surface area (Å²) in [6, 6.07) is 4.17. The summed E-state index contributed by atoms with van der Waals surface area (Å²) < 4.78 is 43.3. The van der Waals surface area contributed by atoms with Crippen LogP contribution in [0.2, 0.25) is 0 Å². The quantitative estimate of drug-likeness (QED) is 0.742. The minimum absolute atomic E-state index is 0.208. The number of furan rings is 1. The fourth-order valence-electron chi connectivity index (χ4n) is 4.54. The summed E-state index contributed by atoms with van der Waals surface area (Å²) in [4.78, 5) is 28.0. The van der Waals surface area contributed by atoms with E-state index in [0.717, 1.165) is 70.9 Å². The van der Waals surface area contributed by atoms with Gasteiger partial charge in [0.15, 0.2) is 0 Å². The number of halogens is 3. The standard InChI is InChI=1S/C19H29N3O3.C2HF3O2/c1-20(11-16-5-4-10-24-16)13-18-17-12-22(9-6-15(17)14-25-18)19(23)21-7-2-3-8-21;3-2(4,5)1(6)7/h4-5,10,15,17-18H,2-3,6-9,11-14H2,1H3;(H,6,7)/t15-,17-,18+;/m0./s1. The summed E-state index contributed by atoms with van der Waals surface area (Å²) >= 11 is 0.